The number of hydrogen-bond donors (Lipinski definition) is 2. The second-order valence-corrected chi connectivity index (χ2v) is 39.5. The predicted octanol–water partition coefficient (Wildman–Crippen LogP) is 12.3. The quantitative estimate of drug-likeness (QED) is 0.0328. The van der Waals surface area contributed by atoms with Crippen molar-refractivity contribution in [3.05, 3.63) is 308 Å². The lowest BCUT2D eigenvalue weighted by Gasteiger charge is -2.31. The standard InChI is InChI=1S/C24H20N4O2S.C22H24N6O4S.C17H13ClN4O4S.C17H13ClN4O2.C7H8S.C5H12N2.Cl2O2S/c1-16-27-21-13-26-23(31-15-18-6-4-3-5-7-18)20(12-25)22(21)24(29)28(16)14-17-8-10-19(30-2)11-9-17;1-15-25-19-13-24-21(33(30,31)27-10-8-26(2)9-11-27)18(12-23)20(19)22(29)28(15)14-16-4-6-17(32-3)7-5-16;1-10-21-14-8-20-16(27(18,24)25)13(7-19)15(14)17(23)22(10)9-11-3-5-12(26-2)6-4-11;1-10-21-14-8-20-16(18)13(7-19)15(14)17(23)22(10)9-11-3-5-12(24-2)6-4-11;8-6-7-4-2-1-3-5-7;1-7-4-2-6-3-5-7;1-5(2,3)4/h3-11,13H,14-15H2,1-2H3;4-7,13H,8-11,14H2,1-3H3;3-6,8H,9H2,1-2H3;3-6,8H,9H2,1-2H3;1-5,8H,6H2;6H,2-5H2,1H3;. The predicted molar refractivity (Wildman–Crippen MR) is 522 cm³/mol. The van der Waals surface area contributed by atoms with E-state index >= 15 is 0 Å². The molecule has 2 aliphatic rings. The first-order valence-corrected chi connectivity index (χ1v) is 49.7. The van der Waals surface area contributed by atoms with Crippen LogP contribution in [0.25, 0.3) is 43.6 Å². The number of thiol groups is 1. The van der Waals surface area contributed by atoms with Gasteiger partial charge in [0.15, 0.2) is 10.1 Å². The molecule has 34 nitrogen and oxygen atoms in total. The first-order valence-electron chi connectivity index (χ1n) is 40.9. The number of rotatable bonds is 19. The zero-order chi connectivity index (χ0) is 98.0. The Morgan fingerprint density at radius 2 is 0.711 bits per heavy atom. The molecule has 135 heavy (non-hydrogen) atoms. The molecule has 14 aromatic rings. The monoisotopic (exact) mass is 2000 g/mol. The third-order valence-electron chi connectivity index (χ3n) is 20.9. The van der Waals surface area contributed by atoms with Crippen molar-refractivity contribution >= 4 is 139 Å². The number of sulfonamides is 1. The lowest BCUT2D eigenvalue weighted by atomic mass is 10.1. The maximum absolute atomic E-state index is 13.5. The maximum Gasteiger partial charge on any atom is 0.317 e. The van der Waals surface area contributed by atoms with E-state index in [1.54, 1.807) is 109 Å². The summed E-state index contributed by atoms with van der Waals surface area (Å²) in [5, 5.41) is 41.5. The van der Waals surface area contributed by atoms with Gasteiger partial charge in [-0.1, -0.05) is 121 Å². The normalized spacial score (nSPS) is 12.7. The number of likely N-dealkylation sites (N-methyl/N-ethyl adjacent to an activating group) is 2. The van der Waals surface area contributed by atoms with E-state index in [0.717, 1.165) is 64.4 Å². The van der Waals surface area contributed by atoms with Crippen LogP contribution < -0.4 is 46.5 Å². The summed E-state index contributed by atoms with van der Waals surface area (Å²) in [6.45, 7) is 14.4. The fourth-order valence-corrected chi connectivity index (χ4v) is 17.5. The number of methoxy groups -OCH3 is 4. The topological polar surface area (TPSA) is 447 Å². The van der Waals surface area contributed by atoms with Crippen LogP contribution in [-0.2, 0) is 65.0 Å². The number of thioether (sulfide) groups is 1. The van der Waals surface area contributed by atoms with E-state index in [2.05, 4.69) is 109 Å². The molecule has 0 aliphatic carbocycles. The van der Waals surface area contributed by atoms with Crippen LogP contribution in [0.1, 0.15) is 78.9 Å². The SMILES string of the molecule is CN1CCNCC1.COc1ccc(Cn2c(C)nc3cnc(Cl)c(C#N)c3c2=O)cc1.COc1ccc(Cn2c(C)nc3cnc(S(=O)(=O)Cl)c(C#N)c3c2=O)cc1.COc1ccc(Cn2c(C)nc3cnc(S(=O)(=O)N4CCN(C)CC4)c(C#N)c3c2=O)cc1.COc1ccc(Cn2c(C)nc3cnc(SCc4ccccc4)c(C#N)c3c2=O)cc1.O=S(=O)(Cl)Cl.SCc1ccccc1. The number of halogens is 4. The molecule has 0 unspecified atom stereocenters. The highest BCUT2D eigenvalue weighted by atomic mass is 36.0. The fourth-order valence-electron chi connectivity index (χ4n) is 13.7. The van der Waals surface area contributed by atoms with Crippen molar-refractivity contribution in [1.29, 1.82) is 21.0 Å². The van der Waals surface area contributed by atoms with Gasteiger partial charge < -0.3 is 34.1 Å². The first-order chi connectivity index (χ1) is 64.5. The number of nitrogens with zero attached hydrogens (tertiary/aromatic N) is 19. The lowest BCUT2D eigenvalue weighted by Crippen LogP contribution is -2.47. The second kappa shape index (κ2) is 48.4. The van der Waals surface area contributed by atoms with E-state index in [-0.39, 0.29) is 86.3 Å². The van der Waals surface area contributed by atoms with Gasteiger partial charge >= 0.3 is 8.26 Å². The summed E-state index contributed by atoms with van der Waals surface area (Å²) in [7, 11) is 12.2. The van der Waals surface area contributed by atoms with Crippen molar-refractivity contribution in [2.24, 2.45) is 0 Å². The Morgan fingerprint density at radius 3 is 1.02 bits per heavy atom. The molecule has 0 radical (unpaired) electrons. The molecule has 10 heterocycles. The van der Waals surface area contributed by atoms with Gasteiger partial charge in [-0.25, -0.2) is 56.7 Å². The van der Waals surface area contributed by atoms with Crippen LogP contribution in [0.3, 0.4) is 0 Å². The number of nitriles is 4. The molecule has 8 aromatic heterocycles. The third kappa shape index (κ3) is 27.5. The van der Waals surface area contributed by atoms with E-state index in [1.165, 1.54) is 60.8 Å². The van der Waals surface area contributed by atoms with Crippen molar-refractivity contribution in [2.45, 2.75) is 80.5 Å². The molecule has 1 N–H and O–H groups in total. The minimum Gasteiger partial charge on any atom is -0.497 e. The number of piperazine rings is 2. The van der Waals surface area contributed by atoms with E-state index in [1.807, 2.05) is 133 Å². The molecule has 0 spiro atoms. The fraction of sp³-hybridized carbons (Fsp3) is 0.261. The smallest absolute Gasteiger partial charge is 0.317 e. The van der Waals surface area contributed by atoms with Gasteiger partial charge in [-0.15, -0.1) is 11.8 Å². The molecule has 2 fully saturated rings. The summed E-state index contributed by atoms with van der Waals surface area (Å²) in [5.74, 6) is 6.30. The van der Waals surface area contributed by atoms with Gasteiger partial charge in [0, 0.05) is 95.9 Å². The summed E-state index contributed by atoms with van der Waals surface area (Å²) in [5.41, 5.74) is 5.08. The third-order valence-corrected chi connectivity index (χ3v) is 25.7. The number of pyridine rings is 4. The Bertz CT molecular complexity index is 7420. The highest BCUT2D eigenvalue weighted by Crippen LogP contribution is 2.31. The molecule has 700 valence electrons. The second-order valence-electron chi connectivity index (χ2n) is 29.8. The summed E-state index contributed by atoms with van der Waals surface area (Å²) >= 11 is 11.5. The van der Waals surface area contributed by atoms with Crippen LogP contribution in [-0.4, -0.2) is 192 Å². The Hall–Kier alpha value is -12.8. The van der Waals surface area contributed by atoms with E-state index < -0.39 is 54.1 Å². The molecule has 0 bridgehead atoms. The molecule has 0 saturated carbocycles. The Kier molecular flexibility index (Phi) is 37.4. The van der Waals surface area contributed by atoms with Gasteiger partial charge in [-0.2, -0.15) is 46.4 Å². The average Bonchev–Trinajstić information content (AvgIpc) is 1.10. The Labute approximate surface area is 806 Å². The first kappa shape index (κ1) is 104. The van der Waals surface area contributed by atoms with Crippen LogP contribution >= 0.6 is 68.0 Å². The Balaban J connectivity index is 0.000000174. The number of hydrogen-bond acceptors (Lipinski definition) is 31. The highest BCUT2D eigenvalue weighted by Gasteiger charge is 2.34. The molecule has 0 atom stereocenters. The van der Waals surface area contributed by atoms with Crippen LogP contribution in [0, 0.1) is 73.0 Å². The number of fused-ring (bicyclic) bond motifs is 4. The van der Waals surface area contributed by atoms with Crippen molar-refractivity contribution in [3.8, 4) is 47.3 Å². The van der Waals surface area contributed by atoms with E-state index in [9.17, 15) is 57.1 Å². The molecule has 6 aromatic carbocycles. The summed E-state index contributed by atoms with van der Waals surface area (Å²) in [4.78, 5) is 90.8. The van der Waals surface area contributed by atoms with Crippen molar-refractivity contribution in [3.63, 3.8) is 0 Å². The van der Waals surface area contributed by atoms with Gasteiger partial charge in [0.1, 0.15) is 97.4 Å². The number of nitrogens with one attached hydrogen (secondary N) is 1. The lowest BCUT2D eigenvalue weighted by molar-refractivity contribution is 0.222. The average molecular weight is 2000 g/mol. The van der Waals surface area contributed by atoms with Crippen molar-refractivity contribution < 1.29 is 44.2 Å². The zero-order valence-corrected chi connectivity index (χ0v) is 81.7. The van der Waals surface area contributed by atoms with Crippen LogP contribution in [0.5, 0.6) is 23.0 Å². The molecule has 2 saturated heterocycles. The van der Waals surface area contributed by atoms with Gasteiger partial charge in [0.25, 0.3) is 41.3 Å². The Morgan fingerprint density at radius 1 is 0.407 bits per heavy atom. The van der Waals surface area contributed by atoms with E-state index in [4.69, 9.17) is 49.6 Å². The summed E-state index contributed by atoms with van der Waals surface area (Å²) in [6.07, 6.45) is 5.36. The largest absolute Gasteiger partial charge is 0.497 e. The van der Waals surface area contributed by atoms with Gasteiger partial charge in [-0.05, 0) is 124 Å². The molecule has 2 aliphatic heterocycles. The minimum atomic E-state index is -4.29. The number of benzene rings is 6. The minimum absolute atomic E-state index is 0.00347. The molecular formula is C92H90Cl4N20O14S5. The summed E-state index contributed by atoms with van der Waals surface area (Å²) < 4.78 is 96.1. The summed E-state index contributed by atoms with van der Waals surface area (Å²) in [6, 6.07) is 57.1. The molecule has 0 amide bonds. The number of aryl methyl sites for hydroxylation is 4. The molecule has 16 rings (SSSR count). The number of aromatic nitrogens is 12. The van der Waals surface area contributed by atoms with Crippen LogP contribution in [0.4, 0.5) is 0 Å². The van der Waals surface area contributed by atoms with Gasteiger partial charge in [-0.3, -0.25) is 37.4 Å². The van der Waals surface area contributed by atoms with Crippen molar-refractivity contribution in [2.75, 3.05) is 94.9 Å². The van der Waals surface area contributed by atoms with E-state index in [0.29, 0.717) is 88.2 Å². The number of ether oxygens (including phenoxy) is 4. The van der Waals surface area contributed by atoms with Crippen LogP contribution in [0.2, 0.25) is 5.15 Å². The molecule has 43 heteroatoms. The maximum atomic E-state index is 13.5. The molecular weight excluding hydrogens is 1910 g/mol. The zero-order valence-electron chi connectivity index (χ0n) is 74.5. The highest BCUT2D eigenvalue weighted by molar-refractivity contribution is 8.31. The van der Waals surface area contributed by atoms with Crippen molar-refractivity contribution in [1.82, 2.24) is 77.6 Å². The van der Waals surface area contributed by atoms with Gasteiger partial charge in [0.2, 0.25) is 0 Å². The van der Waals surface area contributed by atoms with Gasteiger partial charge in [0.05, 0.1) is 129 Å². The van der Waals surface area contributed by atoms with Crippen LogP contribution in [0.15, 0.2) is 217 Å².